The lowest BCUT2D eigenvalue weighted by molar-refractivity contribution is -0.383. The fourth-order valence-corrected chi connectivity index (χ4v) is 2.24. The molecule has 0 aliphatic rings. The summed E-state index contributed by atoms with van der Waals surface area (Å²) < 4.78 is 0. The summed E-state index contributed by atoms with van der Waals surface area (Å²) in [5.41, 5.74) is 7.99. The SMILES string of the molecule is CC(C)N(Cc1ccccc1)c1ccc([N+](=O)[O-])c(N)c1. The van der Waals surface area contributed by atoms with Gasteiger partial charge in [-0.15, -0.1) is 0 Å². The molecule has 0 amide bonds. The molecule has 2 N–H and O–H groups in total. The van der Waals surface area contributed by atoms with Crippen LogP contribution >= 0.6 is 0 Å². The molecule has 0 heterocycles. The van der Waals surface area contributed by atoms with Gasteiger partial charge in [-0.05, 0) is 31.5 Å². The molecule has 0 aliphatic carbocycles. The Morgan fingerprint density at radius 2 is 1.86 bits per heavy atom. The summed E-state index contributed by atoms with van der Waals surface area (Å²) in [7, 11) is 0. The normalized spacial score (nSPS) is 10.6. The van der Waals surface area contributed by atoms with E-state index in [0.717, 1.165) is 12.2 Å². The fraction of sp³-hybridized carbons (Fsp3) is 0.250. The minimum Gasteiger partial charge on any atom is -0.393 e. The van der Waals surface area contributed by atoms with Crippen molar-refractivity contribution < 1.29 is 4.92 Å². The molecule has 0 aromatic heterocycles. The summed E-state index contributed by atoms with van der Waals surface area (Å²) in [5, 5.41) is 10.8. The first-order valence-corrected chi connectivity index (χ1v) is 6.83. The van der Waals surface area contributed by atoms with E-state index in [4.69, 9.17) is 5.73 Å². The molecule has 110 valence electrons. The lowest BCUT2D eigenvalue weighted by atomic mass is 10.1. The van der Waals surface area contributed by atoms with Gasteiger partial charge < -0.3 is 10.6 Å². The molecule has 0 fully saturated rings. The zero-order valence-corrected chi connectivity index (χ0v) is 12.2. The van der Waals surface area contributed by atoms with E-state index in [9.17, 15) is 10.1 Å². The summed E-state index contributed by atoms with van der Waals surface area (Å²) >= 11 is 0. The maximum absolute atomic E-state index is 10.8. The van der Waals surface area contributed by atoms with Crippen LogP contribution in [0.25, 0.3) is 0 Å². The van der Waals surface area contributed by atoms with Gasteiger partial charge >= 0.3 is 0 Å². The predicted octanol–water partition coefficient (Wildman–Crippen LogP) is 3.59. The molecule has 2 rings (SSSR count). The van der Waals surface area contributed by atoms with Crippen molar-refractivity contribution in [3.05, 3.63) is 64.2 Å². The first-order valence-electron chi connectivity index (χ1n) is 6.83. The average Bonchev–Trinajstić information content (AvgIpc) is 2.45. The molecule has 0 radical (unpaired) electrons. The van der Waals surface area contributed by atoms with Crippen molar-refractivity contribution in [2.45, 2.75) is 26.4 Å². The molecule has 0 aliphatic heterocycles. The summed E-state index contributed by atoms with van der Waals surface area (Å²) in [6.45, 7) is 4.90. The van der Waals surface area contributed by atoms with E-state index in [1.165, 1.54) is 11.6 Å². The molecular formula is C16H19N3O2. The second-order valence-electron chi connectivity index (χ2n) is 5.21. The zero-order chi connectivity index (χ0) is 15.4. The Balaban J connectivity index is 2.31. The van der Waals surface area contributed by atoms with Crippen LogP contribution < -0.4 is 10.6 Å². The smallest absolute Gasteiger partial charge is 0.292 e. The number of nitro benzene ring substituents is 1. The maximum Gasteiger partial charge on any atom is 0.292 e. The lowest BCUT2D eigenvalue weighted by Crippen LogP contribution is -2.30. The van der Waals surface area contributed by atoms with E-state index in [1.807, 2.05) is 18.2 Å². The molecular weight excluding hydrogens is 266 g/mol. The quantitative estimate of drug-likeness (QED) is 0.517. The molecule has 0 atom stereocenters. The van der Waals surface area contributed by atoms with Gasteiger partial charge in [0.25, 0.3) is 5.69 Å². The third-order valence-electron chi connectivity index (χ3n) is 3.36. The minimum atomic E-state index is -0.462. The molecule has 0 saturated carbocycles. The van der Waals surface area contributed by atoms with Crippen LogP contribution in [0.15, 0.2) is 48.5 Å². The number of nitrogens with two attached hydrogens (primary N) is 1. The average molecular weight is 285 g/mol. The van der Waals surface area contributed by atoms with Crippen molar-refractivity contribution in [1.29, 1.82) is 0 Å². The van der Waals surface area contributed by atoms with E-state index in [2.05, 4.69) is 30.9 Å². The molecule has 5 heteroatoms. The topological polar surface area (TPSA) is 72.4 Å². The van der Waals surface area contributed by atoms with E-state index in [0.29, 0.717) is 0 Å². The van der Waals surface area contributed by atoms with Gasteiger partial charge in [-0.2, -0.15) is 0 Å². The Kier molecular flexibility index (Phi) is 4.42. The summed E-state index contributed by atoms with van der Waals surface area (Å²) in [5.74, 6) is 0. The van der Waals surface area contributed by atoms with Crippen LogP contribution in [0.1, 0.15) is 19.4 Å². The Morgan fingerprint density at radius 3 is 2.38 bits per heavy atom. The maximum atomic E-state index is 10.8. The van der Waals surface area contributed by atoms with Crippen molar-refractivity contribution in [3.8, 4) is 0 Å². The largest absolute Gasteiger partial charge is 0.393 e. The lowest BCUT2D eigenvalue weighted by Gasteiger charge is -2.29. The van der Waals surface area contributed by atoms with Crippen molar-refractivity contribution in [2.75, 3.05) is 10.6 Å². The van der Waals surface area contributed by atoms with Gasteiger partial charge in [-0.3, -0.25) is 10.1 Å². The van der Waals surface area contributed by atoms with Crippen molar-refractivity contribution >= 4 is 17.1 Å². The van der Waals surface area contributed by atoms with E-state index < -0.39 is 4.92 Å². The van der Waals surface area contributed by atoms with Crippen LogP contribution in [0.5, 0.6) is 0 Å². The summed E-state index contributed by atoms with van der Waals surface area (Å²) in [6, 6.07) is 15.2. The van der Waals surface area contributed by atoms with E-state index in [-0.39, 0.29) is 17.4 Å². The predicted molar refractivity (Wildman–Crippen MR) is 85.3 cm³/mol. The van der Waals surface area contributed by atoms with Crippen molar-refractivity contribution in [1.82, 2.24) is 0 Å². The van der Waals surface area contributed by atoms with Crippen LogP contribution in [-0.2, 0) is 6.54 Å². The first-order chi connectivity index (χ1) is 9.99. The minimum absolute atomic E-state index is 0.0535. The molecule has 2 aromatic carbocycles. The fourth-order valence-electron chi connectivity index (χ4n) is 2.24. The standard InChI is InChI=1S/C16H19N3O2/c1-12(2)18(11-13-6-4-3-5-7-13)14-8-9-16(19(20)21)15(17)10-14/h3-10,12H,11,17H2,1-2H3. The number of nitro groups is 1. The molecule has 2 aromatic rings. The van der Waals surface area contributed by atoms with Gasteiger partial charge in [0.05, 0.1) is 4.92 Å². The number of benzene rings is 2. The number of anilines is 2. The number of rotatable bonds is 5. The Morgan fingerprint density at radius 1 is 1.19 bits per heavy atom. The molecule has 0 saturated heterocycles. The second kappa shape index (κ2) is 6.26. The van der Waals surface area contributed by atoms with Crippen LogP contribution in [0.4, 0.5) is 17.1 Å². The van der Waals surface area contributed by atoms with Crippen LogP contribution in [-0.4, -0.2) is 11.0 Å². The Bertz CT molecular complexity index is 627. The number of nitrogens with zero attached hydrogens (tertiary/aromatic N) is 2. The van der Waals surface area contributed by atoms with Crippen molar-refractivity contribution in [3.63, 3.8) is 0 Å². The molecule has 0 spiro atoms. The van der Waals surface area contributed by atoms with Crippen LogP contribution in [0.2, 0.25) is 0 Å². The highest BCUT2D eigenvalue weighted by Gasteiger charge is 2.16. The van der Waals surface area contributed by atoms with Gasteiger partial charge in [-0.25, -0.2) is 0 Å². The summed E-state index contributed by atoms with van der Waals surface area (Å²) in [6.07, 6.45) is 0. The van der Waals surface area contributed by atoms with E-state index in [1.54, 1.807) is 12.1 Å². The number of hydrogen-bond acceptors (Lipinski definition) is 4. The molecule has 0 unspecified atom stereocenters. The number of nitrogen functional groups attached to an aromatic ring is 1. The monoisotopic (exact) mass is 285 g/mol. The molecule has 5 nitrogen and oxygen atoms in total. The highest BCUT2D eigenvalue weighted by molar-refractivity contribution is 5.66. The van der Waals surface area contributed by atoms with Crippen molar-refractivity contribution in [2.24, 2.45) is 0 Å². The highest BCUT2D eigenvalue weighted by Crippen LogP contribution is 2.28. The first kappa shape index (κ1) is 14.8. The molecule has 0 bridgehead atoms. The molecule has 21 heavy (non-hydrogen) atoms. The van der Waals surface area contributed by atoms with Crippen LogP contribution in [0, 0.1) is 10.1 Å². The van der Waals surface area contributed by atoms with Gasteiger partial charge in [0.15, 0.2) is 0 Å². The van der Waals surface area contributed by atoms with Gasteiger partial charge in [-0.1, -0.05) is 30.3 Å². The van der Waals surface area contributed by atoms with Gasteiger partial charge in [0.1, 0.15) is 5.69 Å². The number of hydrogen-bond donors (Lipinski definition) is 1. The highest BCUT2D eigenvalue weighted by atomic mass is 16.6. The Labute approximate surface area is 124 Å². The zero-order valence-electron chi connectivity index (χ0n) is 12.2. The third kappa shape index (κ3) is 3.51. The van der Waals surface area contributed by atoms with E-state index >= 15 is 0 Å². The Hall–Kier alpha value is -2.56. The van der Waals surface area contributed by atoms with Gasteiger partial charge in [0, 0.05) is 24.3 Å². The third-order valence-corrected chi connectivity index (χ3v) is 3.36. The summed E-state index contributed by atoms with van der Waals surface area (Å²) in [4.78, 5) is 12.5. The van der Waals surface area contributed by atoms with Crippen LogP contribution in [0.3, 0.4) is 0 Å². The van der Waals surface area contributed by atoms with Gasteiger partial charge in [0.2, 0.25) is 0 Å². The second-order valence-corrected chi connectivity index (χ2v) is 5.21.